The minimum absolute atomic E-state index is 0.0181. The van der Waals surface area contributed by atoms with Crippen molar-refractivity contribution in [3.8, 4) is 0 Å². The molecule has 2 aromatic carbocycles. The summed E-state index contributed by atoms with van der Waals surface area (Å²) in [5, 5.41) is 7.11. The van der Waals surface area contributed by atoms with Gasteiger partial charge in [-0.3, -0.25) is 9.69 Å². The fourth-order valence-corrected chi connectivity index (χ4v) is 3.83. The molecule has 1 fully saturated rings. The van der Waals surface area contributed by atoms with E-state index in [0.29, 0.717) is 31.2 Å². The summed E-state index contributed by atoms with van der Waals surface area (Å²) in [4.78, 5) is 15.2. The normalized spacial score (nSPS) is 20.3. The minimum atomic E-state index is -0.110. The van der Waals surface area contributed by atoms with Gasteiger partial charge in [0.15, 0.2) is 0 Å². The first kappa shape index (κ1) is 19.1. The molecule has 0 saturated carbocycles. The number of rotatable bonds is 4. The maximum absolute atomic E-state index is 13.1. The molecule has 0 N–H and O–H groups in total. The molecular weight excluding hydrogens is 374 g/mol. The number of carbonyl (C=O) groups excluding carboxylic acids is 1. The summed E-state index contributed by atoms with van der Waals surface area (Å²) in [6.45, 7) is 5.33. The fourth-order valence-electron chi connectivity index (χ4n) is 3.71. The number of nitrogens with zero attached hydrogens (tertiary/aromatic N) is 3. The van der Waals surface area contributed by atoms with Crippen molar-refractivity contribution in [3.05, 3.63) is 70.2 Å². The number of aryl methyl sites for hydroxylation is 1. The average Bonchev–Trinajstić information content (AvgIpc) is 3.15. The van der Waals surface area contributed by atoms with Crippen molar-refractivity contribution in [2.75, 3.05) is 32.8 Å². The molecule has 0 unspecified atom stereocenters. The van der Waals surface area contributed by atoms with E-state index in [9.17, 15) is 4.79 Å². The Labute approximate surface area is 170 Å². The highest BCUT2D eigenvalue weighted by Crippen LogP contribution is 2.33. The van der Waals surface area contributed by atoms with E-state index in [2.05, 4.69) is 30.0 Å². The Bertz CT molecular complexity index is 876. The molecule has 1 saturated heterocycles. The zero-order chi connectivity index (χ0) is 19.5. The summed E-state index contributed by atoms with van der Waals surface area (Å²) in [6.07, 6.45) is 0.694. The third kappa shape index (κ3) is 4.27. The van der Waals surface area contributed by atoms with E-state index in [1.54, 1.807) is 5.01 Å². The van der Waals surface area contributed by atoms with E-state index in [0.717, 1.165) is 29.9 Å². The standard InChI is InChI=1S/C22H24ClN3O2/c1-16-3-2-4-18(13-16)20-14-21(17-5-7-19(23)8-6-17)26(24-20)22(27)15-25-9-11-28-12-10-25/h2-8,13,21H,9-12,14-15H2,1H3/t21-/m0/s1. The van der Waals surface area contributed by atoms with Crippen molar-refractivity contribution in [1.29, 1.82) is 0 Å². The molecule has 2 heterocycles. The molecule has 0 radical (unpaired) electrons. The van der Waals surface area contributed by atoms with Crippen molar-refractivity contribution in [1.82, 2.24) is 9.91 Å². The van der Waals surface area contributed by atoms with E-state index in [4.69, 9.17) is 21.4 Å². The smallest absolute Gasteiger partial charge is 0.257 e. The van der Waals surface area contributed by atoms with Crippen LogP contribution in [-0.2, 0) is 9.53 Å². The van der Waals surface area contributed by atoms with Gasteiger partial charge in [-0.1, -0.05) is 53.6 Å². The minimum Gasteiger partial charge on any atom is -0.379 e. The highest BCUT2D eigenvalue weighted by molar-refractivity contribution is 6.30. The number of halogens is 1. The first-order valence-corrected chi connectivity index (χ1v) is 10.00. The Morgan fingerprint density at radius 1 is 1.18 bits per heavy atom. The van der Waals surface area contributed by atoms with Gasteiger partial charge >= 0.3 is 0 Å². The second kappa shape index (κ2) is 8.43. The van der Waals surface area contributed by atoms with Crippen LogP contribution in [0.15, 0.2) is 53.6 Å². The van der Waals surface area contributed by atoms with E-state index < -0.39 is 0 Å². The van der Waals surface area contributed by atoms with Crippen LogP contribution in [-0.4, -0.2) is 54.4 Å². The molecule has 2 aromatic rings. The third-order valence-electron chi connectivity index (χ3n) is 5.23. The number of ether oxygens (including phenoxy) is 1. The van der Waals surface area contributed by atoms with Crippen LogP contribution in [0, 0.1) is 6.92 Å². The Kier molecular flexibility index (Phi) is 5.76. The Hall–Kier alpha value is -2.21. The van der Waals surface area contributed by atoms with Crippen LogP contribution in [0.4, 0.5) is 0 Å². The van der Waals surface area contributed by atoms with Crippen LogP contribution in [0.2, 0.25) is 5.02 Å². The summed E-state index contributed by atoms with van der Waals surface area (Å²) < 4.78 is 5.39. The van der Waals surface area contributed by atoms with Gasteiger partial charge in [-0.25, -0.2) is 5.01 Å². The lowest BCUT2D eigenvalue weighted by Gasteiger charge is -2.29. The lowest BCUT2D eigenvalue weighted by atomic mass is 9.97. The van der Waals surface area contributed by atoms with Gasteiger partial charge in [0.2, 0.25) is 0 Å². The molecule has 4 rings (SSSR count). The molecule has 6 heteroatoms. The van der Waals surface area contributed by atoms with Gasteiger partial charge < -0.3 is 4.74 Å². The van der Waals surface area contributed by atoms with Crippen molar-refractivity contribution in [2.24, 2.45) is 5.10 Å². The fraction of sp³-hybridized carbons (Fsp3) is 0.364. The van der Waals surface area contributed by atoms with Gasteiger partial charge in [0.25, 0.3) is 5.91 Å². The number of hydrogen-bond donors (Lipinski definition) is 0. The van der Waals surface area contributed by atoms with Crippen LogP contribution in [0.25, 0.3) is 0 Å². The Morgan fingerprint density at radius 2 is 1.93 bits per heavy atom. The van der Waals surface area contributed by atoms with Gasteiger partial charge in [0.1, 0.15) is 0 Å². The molecule has 0 bridgehead atoms. The van der Waals surface area contributed by atoms with Crippen molar-refractivity contribution < 1.29 is 9.53 Å². The predicted molar refractivity (Wildman–Crippen MR) is 111 cm³/mol. The van der Waals surface area contributed by atoms with Crippen LogP contribution < -0.4 is 0 Å². The molecule has 1 atom stereocenters. The number of morpholine rings is 1. The monoisotopic (exact) mass is 397 g/mol. The largest absolute Gasteiger partial charge is 0.379 e. The number of hydrogen-bond acceptors (Lipinski definition) is 4. The Morgan fingerprint density at radius 3 is 2.64 bits per heavy atom. The molecule has 5 nitrogen and oxygen atoms in total. The Balaban J connectivity index is 1.60. The number of amides is 1. The summed E-state index contributed by atoms with van der Waals surface area (Å²) in [7, 11) is 0. The molecule has 0 spiro atoms. The van der Waals surface area contributed by atoms with Gasteiger partial charge in [-0.2, -0.15) is 5.10 Å². The van der Waals surface area contributed by atoms with Gasteiger partial charge in [0, 0.05) is 24.5 Å². The molecule has 2 aliphatic heterocycles. The zero-order valence-corrected chi connectivity index (χ0v) is 16.7. The van der Waals surface area contributed by atoms with Crippen molar-refractivity contribution in [3.63, 3.8) is 0 Å². The number of hydrazone groups is 1. The van der Waals surface area contributed by atoms with E-state index in [1.165, 1.54) is 5.56 Å². The molecule has 1 amide bonds. The maximum Gasteiger partial charge on any atom is 0.257 e. The van der Waals surface area contributed by atoms with Gasteiger partial charge in [-0.05, 0) is 30.2 Å². The summed E-state index contributed by atoms with van der Waals surface area (Å²) in [5.41, 5.74) is 4.24. The molecule has 146 valence electrons. The van der Waals surface area contributed by atoms with Crippen LogP contribution in [0.1, 0.15) is 29.2 Å². The highest BCUT2D eigenvalue weighted by Gasteiger charge is 2.33. The van der Waals surface area contributed by atoms with Crippen LogP contribution in [0.3, 0.4) is 0 Å². The average molecular weight is 398 g/mol. The maximum atomic E-state index is 13.1. The predicted octanol–water partition coefficient (Wildman–Crippen LogP) is 3.66. The lowest BCUT2D eigenvalue weighted by molar-refractivity contribution is -0.135. The van der Waals surface area contributed by atoms with E-state index in [-0.39, 0.29) is 11.9 Å². The van der Waals surface area contributed by atoms with E-state index >= 15 is 0 Å². The molecular formula is C22H24ClN3O2. The number of benzene rings is 2. The number of carbonyl (C=O) groups is 1. The first-order valence-electron chi connectivity index (χ1n) is 9.62. The lowest BCUT2D eigenvalue weighted by Crippen LogP contribution is -2.43. The summed E-state index contributed by atoms with van der Waals surface area (Å²) in [5.74, 6) is 0.0181. The highest BCUT2D eigenvalue weighted by atomic mass is 35.5. The SMILES string of the molecule is Cc1cccc(C2=NN(C(=O)CN3CCOCC3)[C@H](c3ccc(Cl)cc3)C2)c1. The first-order chi connectivity index (χ1) is 13.6. The molecule has 0 aliphatic carbocycles. The van der Waals surface area contributed by atoms with Crippen LogP contribution >= 0.6 is 11.6 Å². The van der Waals surface area contributed by atoms with Gasteiger partial charge in [0.05, 0.1) is 31.5 Å². The topological polar surface area (TPSA) is 45.1 Å². The van der Waals surface area contributed by atoms with Gasteiger partial charge in [-0.15, -0.1) is 0 Å². The van der Waals surface area contributed by atoms with Crippen LogP contribution in [0.5, 0.6) is 0 Å². The van der Waals surface area contributed by atoms with Crippen molar-refractivity contribution >= 4 is 23.2 Å². The molecule has 2 aliphatic rings. The molecule has 0 aromatic heterocycles. The quantitative estimate of drug-likeness (QED) is 0.790. The van der Waals surface area contributed by atoms with E-state index in [1.807, 2.05) is 30.3 Å². The van der Waals surface area contributed by atoms with Crippen molar-refractivity contribution in [2.45, 2.75) is 19.4 Å². The third-order valence-corrected chi connectivity index (χ3v) is 5.49. The molecule has 28 heavy (non-hydrogen) atoms. The second-order valence-electron chi connectivity index (χ2n) is 7.31. The second-order valence-corrected chi connectivity index (χ2v) is 7.75. The summed E-state index contributed by atoms with van der Waals surface area (Å²) in [6, 6.07) is 15.9. The zero-order valence-electron chi connectivity index (χ0n) is 16.0. The summed E-state index contributed by atoms with van der Waals surface area (Å²) >= 11 is 6.06.